The molecule has 2 aromatic heterocycles. The van der Waals surface area contributed by atoms with E-state index in [0.29, 0.717) is 57.1 Å². The largest absolute Gasteiger partial charge is 0.344 e. The van der Waals surface area contributed by atoms with Crippen molar-refractivity contribution in [1.82, 2.24) is 39.8 Å². The van der Waals surface area contributed by atoms with Crippen LogP contribution in [0.25, 0.3) is 0 Å². The van der Waals surface area contributed by atoms with Gasteiger partial charge in [0.15, 0.2) is 0 Å². The average molecular weight is 549 g/mol. The highest BCUT2D eigenvalue weighted by atomic mass is 16.2. The van der Waals surface area contributed by atoms with E-state index < -0.39 is 12.1 Å². The van der Waals surface area contributed by atoms with Crippen molar-refractivity contribution in [2.24, 2.45) is 5.92 Å². The maximum absolute atomic E-state index is 13.6. The fourth-order valence-corrected chi connectivity index (χ4v) is 5.00. The van der Waals surface area contributed by atoms with Crippen molar-refractivity contribution in [3.8, 4) is 0 Å². The van der Waals surface area contributed by atoms with Crippen molar-refractivity contribution in [2.75, 3.05) is 13.1 Å². The van der Waals surface area contributed by atoms with Gasteiger partial charge in [-0.05, 0) is 31.7 Å². The van der Waals surface area contributed by atoms with Gasteiger partial charge in [-0.2, -0.15) is 5.10 Å². The van der Waals surface area contributed by atoms with Crippen LogP contribution in [0.3, 0.4) is 0 Å². The zero-order valence-corrected chi connectivity index (χ0v) is 23.8. The number of benzene rings is 1. The number of hydrogen-bond acceptors (Lipinski definition) is 6. The van der Waals surface area contributed by atoms with Crippen LogP contribution in [0, 0.1) is 19.8 Å². The maximum Gasteiger partial charge on any atom is 0.243 e. The summed E-state index contributed by atoms with van der Waals surface area (Å²) in [5.74, 6) is 1.66. The fraction of sp³-hybridized carbons (Fsp3) is 0.517. The number of nitrogens with zero attached hydrogens (tertiary/aromatic N) is 6. The second kappa shape index (κ2) is 13.4. The molecular weight excluding hydrogens is 508 g/mol. The third kappa shape index (κ3) is 7.55. The number of fused-ring (bicyclic) bond motifs is 1. The number of aryl methyl sites for hydroxylation is 3. The van der Waals surface area contributed by atoms with E-state index in [1.54, 1.807) is 15.8 Å². The van der Waals surface area contributed by atoms with E-state index in [1.165, 1.54) is 0 Å². The van der Waals surface area contributed by atoms with Gasteiger partial charge in [-0.1, -0.05) is 44.2 Å². The molecule has 2 atom stereocenters. The Bertz CT molecular complexity index is 1300. The molecule has 0 fully saturated rings. The van der Waals surface area contributed by atoms with Crippen LogP contribution in [0.1, 0.15) is 62.2 Å². The molecule has 40 heavy (non-hydrogen) atoms. The Morgan fingerprint density at radius 2 is 1.85 bits per heavy atom. The molecule has 1 aromatic carbocycles. The predicted molar refractivity (Wildman–Crippen MR) is 150 cm³/mol. The standard InChI is InChI=1S/C29H40N8O3/c1-20(2)27-28-31-21(3)34-37(28)18-17-36(26(39)12-15-35-16-13-30-22(35)4)14-8-11-25(38)32-24(29(40)33-27)19-23-9-6-5-7-10-23/h5-7,9-10,13,16,20,24,27H,8,11-12,14-15,17-19H2,1-4H3,(H,32,38)(H,33,40)/t24-,27?/m0/s1. The van der Waals surface area contributed by atoms with E-state index in [1.807, 2.05) is 68.8 Å². The Hall–Kier alpha value is -4.02. The third-order valence-corrected chi connectivity index (χ3v) is 7.24. The summed E-state index contributed by atoms with van der Waals surface area (Å²) >= 11 is 0. The molecule has 0 radical (unpaired) electrons. The van der Waals surface area contributed by atoms with Gasteiger partial charge in [-0.25, -0.2) is 14.6 Å². The van der Waals surface area contributed by atoms with E-state index in [2.05, 4.69) is 25.7 Å². The Morgan fingerprint density at radius 1 is 1.07 bits per heavy atom. The first-order valence-corrected chi connectivity index (χ1v) is 14.0. The zero-order valence-electron chi connectivity index (χ0n) is 23.8. The number of imidazole rings is 1. The van der Waals surface area contributed by atoms with E-state index >= 15 is 0 Å². The Balaban J connectivity index is 1.58. The topological polar surface area (TPSA) is 127 Å². The van der Waals surface area contributed by atoms with Gasteiger partial charge in [-0.15, -0.1) is 0 Å². The minimum atomic E-state index is -0.743. The average Bonchev–Trinajstić information content (AvgIpc) is 3.51. The Morgan fingerprint density at radius 3 is 2.55 bits per heavy atom. The Labute approximate surface area is 235 Å². The van der Waals surface area contributed by atoms with Gasteiger partial charge in [0, 0.05) is 51.3 Å². The minimum absolute atomic E-state index is 0.00894. The highest BCUT2D eigenvalue weighted by molar-refractivity contribution is 5.88. The molecule has 1 aliphatic heterocycles. The Kier molecular flexibility index (Phi) is 9.68. The molecule has 214 valence electrons. The highest BCUT2D eigenvalue weighted by Gasteiger charge is 2.30. The van der Waals surface area contributed by atoms with Crippen molar-refractivity contribution >= 4 is 17.7 Å². The zero-order chi connectivity index (χ0) is 28.6. The summed E-state index contributed by atoms with van der Waals surface area (Å²) in [6.45, 7) is 9.59. The number of nitrogens with one attached hydrogen (secondary N) is 2. The lowest BCUT2D eigenvalue weighted by Crippen LogP contribution is -2.50. The van der Waals surface area contributed by atoms with Gasteiger partial charge in [0.05, 0.1) is 12.6 Å². The first-order chi connectivity index (χ1) is 19.2. The van der Waals surface area contributed by atoms with E-state index in [4.69, 9.17) is 0 Å². The summed E-state index contributed by atoms with van der Waals surface area (Å²) in [6.07, 6.45) is 4.99. The smallest absolute Gasteiger partial charge is 0.243 e. The van der Waals surface area contributed by atoms with Gasteiger partial charge >= 0.3 is 0 Å². The molecule has 0 spiro atoms. The van der Waals surface area contributed by atoms with Gasteiger partial charge < -0.3 is 20.1 Å². The van der Waals surface area contributed by atoms with E-state index in [0.717, 1.165) is 11.4 Å². The van der Waals surface area contributed by atoms with Gasteiger partial charge in [-0.3, -0.25) is 14.4 Å². The normalized spacial score (nSPS) is 19.1. The third-order valence-electron chi connectivity index (χ3n) is 7.24. The molecular formula is C29H40N8O3. The monoisotopic (exact) mass is 548 g/mol. The number of carbonyl (C=O) groups excluding carboxylic acids is 3. The SMILES string of the molecule is Cc1nc2n(n1)CCN(C(=O)CCn1ccnc1C)CCCC(=O)N[C@@H](Cc1ccccc1)C(=O)NC2C(C)C. The summed E-state index contributed by atoms with van der Waals surface area (Å²) in [5, 5.41) is 10.7. The molecule has 3 amide bonds. The van der Waals surface area contributed by atoms with Crippen LogP contribution in [0.2, 0.25) is 0 Å². The van der Waals surface area contributed by atoms with Gasteiger partial charge in [0.1, 0.15) is 23.5 Å². The number of hydrogen-bond donors (Lipinski definition) is 2. The van der Waals surface area contributed by atoms with E-state index in [9.17, 15) is 14.4 Å². The molecule has 4 rings (SSSR count). The molecule has 0 aliphatic carbocycles. The molecule has 11 nitrogen and oxygen atoms in total. The van der Waals surface area contributed by atoms with Crippen LogP contribution < -0.4 is 10.6 Å². The van der Waals surface area contributed by atoms with Crippen molar-refractivity contribution < 1.29 is 14.4 Å². The van der Waals surface area contributed by atoms with E-state index in [-0.39, 0.29) is 30.1 Å². The first-order valence-electron chi connectivity index (χ1n) is 14.0. The molecule has 0 saturated heterocycles. The van der Waals surface area contributed by atoms with Gasteiger partial charge in [0.25, 0.3) is 0 Å². The lowest BCUT2D eigenvalue weighted by atomic mass is 10.0. The highest BCUT2D eigenvalue weighted by Crippen LogP contribution is 2.21. The van der Waals surface area contributed by atoms with Crippen molar-refractivity contribution in [2.45, 2.75) is 78.6 Å². The summed E-state index contributed by atoms with van der Waals surface area (Å²) in [5.41, 5.74) is 0.953. The molecule has 0 saturated carbocycles. The minimum Gasteiger partial charge on any atom is -0.344 e. The maximum atomic E-state index is 13.6. The van der Waals surface area contributed by atoms with Gasteiger partial charge in [0.2, 0.25) is 17.7 Å². The number of rotatable bonds is 6. The lowest BCUT2D eigenvalue weighted by molar-refractivity contribution is -0.132. The summed E-state index contributed by atoms with van der Waals surface area (Å²) in [6, 6.07) is 8.48. The molecule has 1 unspecified atom stereocenters. The van der Waals surface area contributed by atoms with Crippen molar-refractivity contribution in [3.05, 3.63) is 65.8 Å². The fourth-order valence-electron chi connectivity index (χ4n) is 5.00. The number of amides is 3. The number of carbonyl (C=O) groups is 3. The van der Waals surface area contributed by atoms with Crippen molar-refractivity contribution in [1.29, 1.82) is 0 Å². The van der Waals surface area contributed by atoms with Crippen LogP contribution in [-0.4, -0.2) is 66.1 Å². The predicted octanol–water partition coefficient (Wildman–Crippen LogP) is 2.34. The summed E-state index contributed by atoms with van der Waals surface area (Å²) in [7, 11) is 0. The van der Waals surface area contributed by atoms with Crippen LogP contribution >= 0.6 is 0 Å². The van der Waals surface area contributed by atoms with Crippen molar-refractivity contribution in [3.63, 3.8) is 0 Å². The van der Waals surface area contributed by atoms with Crippen LogP contribution in [0.4, 0.5) is 0 Å². The second-order valence-electron chi connectivity index (χ2n) is 10.7. The molecule has 3 aromatic rings. The first kappa shape index (κ1) is 29.0. The lowest BCUT2D eigenvalue weighted by Gasteiger charge is -2.28. The molecule has 1 aliphatic rings. The number of aromatic nitrogens is 5. The van der Waals surface area contributed by atoms with Crippen LogP contribution in [0.15, 0.2) is 42.7 Å². The molecule has 0 bridgehead atoms. The molecule has 3 heterocycles. The van der Waals surface area contributed by atoms with Crippen LogP contribution in [0.5, 0.6) is 0 Å². The molecule has 2 N–H and O–H groups in total. The quantitative estimate of drug-likeness (QED) is 0.487. The molecule has 11 heteroatoms. The summed E-state index contributed by atoms with van der Waals surface area (Å²) in [4.78, 5) is 50.5. The summed E-state index contributed by atoms with van der Waals surface area (Å²) < 4.78 is 3.76. The second-order valence-corrected chi connectivity index (χ2v) is 10.7. The van der Waals surface area contributed by atoms with Crippen LogP contribution in [-0.2, 0) is 33.9 Å².